The monoisotopic (exact) mass is 853 g/mol. The van der Waals surface area contributed by atoms with E-state index in [4.69, 9.17) is 14.2 Å². The van der Waals surface area contributed by atoms with Crippen LogP contribution in [0.1, 0.15) is 79.6 Å². The molecule has 0 radical (unpaired) electrons. The third-order valence-corrected chi connectivity index (χ3v) is 13.5. The van der Waals surface area contributed by atoms with Crippen LogP contribution < -0.4 is 24.8 Å². The number of pyridine rings is 1. The van der Waals surface area contributed by atoms with E-state index < -0.39 is 98.7 Å². The summed E-state index contributed by atoms with van der Waals surface area (Å²) in [6.07, 6.45) is 0.363. The number of rotatable bonds is 10. The van der Waals surface area contributed by atoms with Crippen molar-refractivity contribution in [2.45, 2.75) is 114 Å². The van der Waals surface area contributed by atoms with Gasteiger partial charge >= 0.3 is 12.3 Å². The Morgan fingerprint density at radius 1 is 1.10 bits per heavy atom. The molecule has 1 aromatic carbocycles. The highest BCUT2D eigenvalue weighted by Gasteiger charge is 2.62. The highest BCUT2D eigenvalue weighted by Crippen LogP contribution is 2.46. The lowest BCUT2D eigenvalue weighted by atomic mass is 9.83. The molecule has 4 amide bonds. The lowest BCUT2D eigenvalue weighted by Gasteiger charge is -2.33. The van der Waals surface area contributed by atoms with Gasteiger partial charge in [-0.2, -0.15) is 13.2 Å². The number of nitrogens with one attached hydrogen (secondary N) is 3. The minimum Gasteiger partial charge on any atom is -0.491 e. The molecule has 2 aliphatic carbocycles. The zero-order chi connectivity index (χ0) is 43.1. The Kier molecular flexibility index (Phi) is 12.5. The minimum absolute atomic E-state index is 0.00834. The lowest BCUT2D eigenvalue weighted by Crippen LogP contribution is -2.57. The third-order valence-electron chi connectivity index (χ3n) is 11.6. The van der Waals surface area contributed by atoms with Gasteiger partial charge in [-0.05, 0) is 94.7 Å². The van der Waals surface area contributed by atoms with Gasteiger partial charge in [-0.25, -0.2) is 22.6 Å². The van der Waals surface area contributed by atoms with E-state index in [1.165, 1.54) is 23.2 Å². The summed E-state index contributed by atoms with van der Waals surface area (Å²) in [5.41, 5.74) is -4.46. The van der Waals surface area contributed by atoms with Crippen LogP contribution in [0.3, 0.4) is 0 Å². The van der Waals surface area contributed by atoms with Crippen LogP contribution in [-0.4, -0.2) is 96.5 Å². The number of sulfonamides is 1. The first-order valence-corrected chi connectivity index (χ1v) is 21.5. The molecule has 2 aromatic rings. The maximum absolute atomic E-state index is 15.1. The van der Waals surface area contributed by atoms with E-state index in [1.54, 1.807) is 26.0 Å². The number of alkyl carbamates (subject to hydrolysis) is 1. The van der Waals surface area contributed by atoms with Crippen LogP contribution >= 0.6 is 0 Å². The number of benzene rings is 1. The number of aromatic nitrogens is 1. The molecule has 1 aromatic heterocycles. The molecule has 2 aliphatic heterocycles. The standard InChI is InChI=1S/C40H51F4N5O9S/c1-6-56-32-16-24-13-14-45-34(28(24)18-30(32)41)57-26-17-31-33(50)47-39(36(52)48-59(54,55)27-11-12-27)19-25(39)10-8-7-9-22(2)15-23(3)29(35(51)49(31)21-26)20-46-37(53)58-38(4,5)40(42,43)44/h8,10,13-14,16,18,22-23,25-27,29,31H,6-7,9,11-12,15,17,19-21H2,1-5H3,(H,46,53)(H,47,50)(H,48,52). The van der Waals surface area contributed by atoms with E-state index >= 15 is 4.39 Å². The van der Waals surface area contributed by atoms with Crippen LogP contribution in [0.4, 0.5) is 22.4 Å². The molecule has 1 saturated heterocycles. The fourth-order valence-corrected chi connectivity index (χ4v) is 9.19. The molecule has 4 aliphatic rings. The highest BCUT2D eigenvalue weighted by atomic mass is 32.2. The Balaban J connectivity index is 1.33. The third kappa shape index (κ3) is 9.70. The van der Waals surface area contributed by atoms with Crippen LogP contribution in [0.5, 0.6) is 11.6 Å². The molecule has 324 valence electrons. The van der Waals surface area contributed by atoms with Gasteiger partial charge in [0, 0.05) is 30.5 Å². The van der Waals surface area contributed by atoms with Gasteiger partial charge in [0.05, 0.1) is 24.3 Å². The van der Waals surface area contributed by atoms with Crippen molar-refractivity contribution in [2.24, 2.45) is 23.7 Å². The highest BCUT2D eigenvalue weighted by molar-refractivity contribution is 7.91. The molecule has 19 heteroatoms. The van der Waals surface area contributed by atoms with E-state index in [2.05, 4.69) is 20.3 Å². The van der Waals surface area contributed by atoms with Crippen molar-refractivity contribution in [1.82, 2.24) is 25.2 Å². The van der Waals surface area contributed by atoms with Crippen molar-refractivity contribution in [2.75, 3.05) is 19.7 Å². The van der Waals surface area contributed by atoms with Gasteiger partial charge in [0.15, 0.2) is 11.6 Å². The number of carbonyl (C=O) groups is 4. The quantitative estimate of drug-likeness (QED) is 0.210. The number of halogens is 4. The van der Waals surface area contributed by atoms with Crippen LogP contribution in [0, 0.1) is 29.5 Å². The molecule has 3 N–H and O–H groups in total. The summed E-state index contributed by atoms with van der Waals surface area (Å²) in [4.78, 5) is 61.3. The van der Waals surface area contributed by atoms with Crippen molar-refractivity contribution in [1.29, 1.82) is 0 Å². The molecule has 6 rings (SSSR count). The number of carbonyl (C=O) groups excluding carboxylic acids is 4. The maximum Gasteiger partial charge on any atom is 0.427 e. The van der Waals surface area contributed by atoms with Crippen LogP contribution in [0.2, 0.25) is 0 Å². The molecule has 0 spiro atoms. The number of allylic oxidation sites excluding steroid dienone is 1. The topological polar surface area (TPSA) is 182 Å². The van der Waals surface area contributed by atoms with Crippen molar-refractivity contribution in [3.63, 3.8) is 0 Å². The molecule has 59 heavy (non-hydrogen) atoms. The SMILES string of the molecule is CCOc1cc2ccnc(OC3CC4C(=O)NC5(C(=O)NS(=O)(=O)C6CC6)CC5C=CCCC(C)CC(C)C(CNC(=O)OC(C)(C)C(F)(F)F)C(=O)N4C3)c2cc1F. The zero-order valence-electron chi connectivity index (χ0n) is 33.6. The summed E-state index contributed by atoms with van der Waals surface area (Å²) < 4.78 is 100. The number of amides is 4. The summed E-state index contributed by atoms with van der Waals surface area (Å²) in [6, 6.07) is 3.03. The van der Waals surface area contributed by atoms with Gasteiger partial charge in [0.25, 0.3) is 5.91 Å². The molecular formula is C40H51F4N5O9S. The first kappa shape index (κ1) is 43.9. The predicted molar refractivity (Wildman–Crippen MR) is 206 cm³/mol. The number of hydrogen-bond acceptors (Lipinski definition) is 10. The summed E-state index contributed by atoms with van der Waals surface area (Å²) >= 11 is 0. The van der Waals surface area contributed by atoms with E-state index in [-0.39, 0.29) is 43.5 Å². The molecule has 14 nitrogen and oxygen atoms in total. The van der Waals surface area contributed by atoms with Gasteiger partial charge in [-0.1, -0.05) is 26.0 Å². The van der Waals surface area contributed by atoms with Crippen LogP contribution in [-0.2, 0) is 29.1 Å². The summed E-state index contributed by atoms with van der Waals surface area (Å²) in [7, 11) is -3.99. The summed E-state index contributed by atoms with van der Waals surface area (Å²) in [5.74, 6) is -4.97. The Hall–Kier alpha value is -4.68. The van der Waals surface area contributed by atoms with Crippen molar-refractivity contribution < 1.29 is 59.4 Å². The van der Waals surface area contributed by atoms with Gasteiger partial charge < -0.3 is 29.7 Å². The number of ether oxygens (including phenoxy) is 3. The number of hydrogen-bond donors (Lipinski definition) is 3. The fourth-order valence-electron chi connectivity index (χ4n) is 7.83. The molecule has 7 atom stereocenters. The normalized spacial score (nSPS) is 28.1. The van der Waals surface area contributed by atoms with E-state index in [0.717, 1.165) is 0 Å². The second kappa shape index (κ2) is 16.8. The Morgan fingerprint density at radius 2 is 1.83 bits per heavy atom. The van der Waals surface area contributed by atoms with Gasteiger partial charge in [0.2, 0.25) is 33.3 Å². The smallest absolute Gasteiger partial charge is 0.427 e. The number of nitrogens with zero attached hydrogens (tertiary/aromatic N) is 2. The summed E-state index contributed by atoms with van der Waals surface area (Å²) in [6.45, 7) is 6.44. The Morgan fingerprint density at radius 3 is 2.51 bits per heavy atom. The molecule has 7 unspecified atom stereocenters. The largest absolute Gasteiger partial charge is 0.491 e. The van der Waals surface area contributed by atoms with Gasteiger partial charge in [0.1, 0.15) is 17.7 Å². The van der Waals surface area contributed by atoms with E-state index in [9.17, 15) is 40.8 Å². The second-order valence-corrected chi connectivity index (χ2v) is 18.7. The zero-order valence-corrected chi connectivity index (χ0v) is 34.4. The first-order chi connectivity index (χ1) is 27.7. The molecular weight excluding hydrogens is 803 g/mol. The minimum atomic E-state index is -4.88. The number of alkyl halides is 3. The van der Waals surface area contributed by atoms with E-state index in [1.807, 2.05) is 13.0 Å². The number of fused-ring (bicyclic) bond motifs is 3. The van der Waals surface area contributed by atoms with Crippen LogP contribution in [0.15, 0.2) is 36.5 Å². The maximum atomic E-state index is 15.1. The summed E-state index contributed by atoms with van der Waals surface area (Å²) in [5, 5.41) is 5.24. The predicted octanol–water partition coefficient (Wildman–Crippen LogP) is 5.30. The molecule has 3 heterocycles. The van der Waals surface area contributed by atoms with Crippen molar-refractivity contribution >= 4 is 44.6 Å². The first-order valence-electron chi connectivity index (χ1n) is 19.9. The average Bonchev–Trinajstić information content (AvgIpc) is 4.07. The average molecular weight is 854 g/mol. The fraction of sp³-hybridized carbons (Fsp3) is 0.625. The van der Waals surface area contributed by atoms with E-state index in [0.29, 0.717) is 56.7 Å². The van der Waals surface area contributed by atoms with Crippen molar-refractivity contribution in [3.8, 4) is 11.6 Å². The van der Waals surface area contributed by atoms with Crippen molar-refractivity contribution in [3.05, 3.63) is 42.4 Å². The second-order valence-electron chi connectivity index (χ2n) is 16.7. The Labute approximate surface area is 340 Å². The molecule has 2 saturated carbocycles. The van der Waals surface area contributed by atoms with Gasteiger partial charge in [-0.3, -0.25) is 19.1 Å². The molecule has 3 fully saturated rings. The van der Waals surface area contributed by atoms with Crippen LogP contribution in [0.25, 0.3) is 10.8 Å². The Bertz CT molecular complexity index is 2100. The van der Waals surface area contributed by atoms with Gasteiger partial charge in [-0.15, -0.1) is 0 Å². The molecule has 0 bridgehead atoms. The lowest BCUT2D eigenvalue weighted by molar-refractivity contribution is -0.243.